The summed E-state index contributed by atoms with van der Waals surface area (Å²) in [4.78, 5) is 30.4. The van der Waals surface area contributed by atoms with Gasteiger partial charge in [0.1, 0.15) is 18.3 Å². The molecule has 3 aromatic rings. The molecule has 37 heavy (non-hydrogen) atoms. The van der Waals surface area contributed by atoms with Gasteiger partial charge in [0.05, 0.1) is 0 Å². The van der Waals surface area contributed by atoms with Crippen LogP contribution in [0.5, 0.6) is 5.75 Å². The average Bonchev–Trinajstić information content (AvgIpc) is 3.31. The van der Waals surface area contributed by atoms with E-state index in [1.165, 1.54) is 23.4 Å². The maximum Gasteiger partial charge on any atom is 0.247 e. The molecule has 1 fully saturated rings. The number of hydrogen-bond donors (Lipinski definition) is 2. The second kappa shape index (κ2) is 11.1. The number of phenols is 1. The van der Waals surface area contributed by atoms with Gasteiger partial charge in [-0.1, -0.05) is 61.2 Å². The van der Waals surface area contributed by atoms with Gasteiger partial charge < -0.3 is 15.3 Å². The second-order valence-corrected chi connectivity index (χ2v) is 10.8. The van der Waals surface area contributed by atoms with Crippen molar-refractivity contribution >= 4 is 11.8 Å². The number of tetrazole rings is 1. The van der Waals surface area contributed by atoms with Gasteiger partial charge in [-0.05, 0) is 63.4 Å². The fourth-order valence-electron chi connectivity index (χ4n) is 4.83. The van der Waals surface area contributed by atoms with Gasteiger partial charge in [-0.15, -0.1) is 10.2 Å². The van der Waals surface area contributed by atoms with Gasteiger partial charge in [0.2, 0.25) is 17.6 Å². The lowest BCUT2D eigenvalue weighted by Crippen LogP contribution is -2.54. The summed E-state index contributed by atoms with van der Waals surface area (Å²) < 4.78 is 0. The topological polar surface area (TPSA) is 113 Å². The van der Waals surface area contributed by atoms with E-state index >= 15 is 0 Å². The van der Waals surface area contributed by atoms with Crippen LogP contribution >= 0.6 is 0 Å². The van der Waals surface area contributed by atoms with Gasteiger partial charge in [-0.2, -0.15) is 4.80 Å². The summed E-state index contributed by atoms with van der Waals surface area (Å²) in [7, 11) is 0. The minimum absolute atomic E-state index is 0.0897. The third-order valence-corrected chi connectivity index (χ3v) is 6.70. The van der Waals surface area contributed by atoms with E-state index in [0.29, 0.717) is 11.4 Å². The Kier molecular flexibility index (Phi) is 7.90. The van der Waals surface area contributed by atoms with Gasteiger partial charge in [0.25, 0.3) is 0 Å². The van der Waals surface area contributed by atoms with E-state index in [-0.39, 0.29) is 30.2 Å². The molecule has 1 unspecified atom stereocenters. The number of carbonyl (C=O) groups excluding carboxylic acids is 2. The number of phenolic OH excluding ortho intramolecular Hbond substituents is 1. The van der Waals surface area contributed by atoms with Crippen LogP contribution in [0.4, 0.5) is 0 Å². The van der Waals surface area contributed by atoms with Crippen molar-refractivity contribution in [2.24, 2.45) is 0 Å². The lowest BCUT2D eigenvalue weighted by Gasteiger charge is -2.41. The molecule has 1 heterocycles. The Balaban J connectivity index is 1.62. The van der Waals surface area contributed by atoms with E-state index in [9.17, 15) is 14.7 Å². The number of nitrogens with zero attached hydrogens (tertiary/aromatic N) is 5. The van der Waals surface area contributed by atoms with E-state index in [1.54, 1.807) is 17.0 Å². The number of aromatic hydroxyl groups is 1. The van der Waals surface area contributed by atoms with Crippen LogP contribution in [0.2, 0.25) is 0 Å². The van der Waals surface area contributed by atoms with Crippen LogP contribution in [0, 0.1) is 6.92 Å². The lowest BCUT2D eigenvalue weighted by molar-refractivity contribution is -0.148. The standard InChI is InChI=1S/C28H36N6O3/c1-19-10-12-21(13-11-19)26-30-32-33(31-26)18-24(36)34(28(2,3)4)25(20-14-16-23(35)17-15-20)27(37)29-22-8-6-5-7-9-22/h10-17,22,25,35H,5-9,18H2,1-4H3,(H,29,37). The minimum Gasteiger partial charge on any atom is -0.508 e. The summed E-state index contributed by atoms with van der Waals surface area (Å²) in [5.74, 6) is -0.00973. The Morgan fingerprint density at radius 2 is 1.70 bits per heavy atom. The van der Waals surface area contributed by atoms with E-state index < -0.39 is 11.6 Å². The predicted molar refractivity (Wildman–Crippen MR) is 140 cm³/mol. The Morgan fingerprint density at radius 3 is 2.32 bits per heavy atom. The van der Waals surface area contributed by atoms with Crippen LogP contribution < -0.4 is 5.32 Å². The van der Waals surface area contributed by atoms with Crippen molar-refractivity contribution < 1.29 is 14.7 Å². The number of aryl methyl sites for hydroxylation is 1. The molecule has 196 valence electrons. The summed E-state index contributed by atoms with van der Waals surface area (Å²) in [6, 6.07) is 13.4. The van der Waals surface area contributed by atoms with Crippen LogP contribution in [-0.2, 0) is 16.1 Å². The summed E-state index contributed by atoms with van der Waals surface area (Å²) in [5, 5.41) is 25.7. The van der Waals surface area contributed by atoms with Crippen LogP contribution in [0.25, 0.3) is 11.4 Å². The molecule has 0 saturated heterocycles. The smallest absolute Gasteiger partial charge is 0.247 e. The quantitative estimate of drug-likeness (QED) is 0.499. The number of benzene rings is 2. The molecule has 9 nitrogen and oxygen atoms in total. The zero-order valence-corrected chi connectivity index (χ0v) is 22.0. The first-order valence-corrected chi connectivity index (χ1v) is 12.9. The number of rotatable bonds is 7. The molecular weight excluding hydrogens is 468 g/mol. The number of carbonyl (C=O) groups is 2. The first-order chi connectivity index (χ1) is 17.6. The molecule has 0 radical (unpaired) electrons. The number of amides is 2. The molecule has 0 bridgehead atoms. The highest BCUT2D eigenvalue weighted by Crippen LogP contribution is 2.31. The van der Waals surface area contributed by atoms with Crippen LogP contribution in [-0.4, -0.2) is 53.6 Å². The third kappa shape index (κ3) is 6.53. The van der Waals surface area contributed by atoms with Gasteiger partial charge >= 0.3 is 0 Å². The third-order valence-electron chi connectivity index (χ3n) is 6.70. The summed E-state index contributed by atoms with van der Waals surface area (Å²) >= 11 is 0. The monoisotopic (exact) mass is 504 g/mol. The maximum absolute atomic E-state index is 13.8. The van der Waals surface area contributed by atoms with Crippen LogP contribution in [0.15, 0.2) is 48.5 Å². The highest BCUT2D eigenvalue weighted by atomic mass is 16.3. The molecule has 2 N–H and O–H groups in total. The molecule has 2 aromatic carbocycles. The van der Waals surface area contributed by atoms with E-state index in [1.807, 2.05) is 52.0 Å². The molecule has 4 rings (SSSR count). The zero-order valence-electron chi connectivity index (χ0n) is 22.0. The molecule has 9 heteroatoms. The Bertz CT molecular complexity index is 1210. The van der Waals surface area contributed by atoms with Crippen LogP contribution in [0.3, 0.4) is 0 Å². The van der Waals surface area contributed by atoms with Crippen LogP contribution in [0.1, 0.15) is 70.0 Å². The predicted octanol–water partition coefficient (Wildman–Crippen LogP) is 4.17. The van der Waals surface area contributed by atoms with Crippen molar-refractivity contribution in [3.63, 3.8) is 0 Å². The summed E-state index contributed by atoms with van der Waals surface area (Å²) in [5.41, 5.74) is 1.87. The fraction of sp³-hybridized carbons (Fsp3) is 0.464. The molecule has 1 aliphatic rings. The maximum atomic E-state index is 13.8. The van der Waals surface area contributed by atoms with Gasteiger partial charge in [-0.25, -0.2) is 0 Å². The highest BCUT2D eigenvalue weighted by molar-refractivity contribution is 5.89. The average molecular weight is 505 g/mol. The normalized spacial score (nSPS) is 15.2. The Morgan fingerprint density at radius 1 is 1.05 bits per heavy atom. The molecule has 1 aromatic heterocycles. The van der Waals surface area contributed by atoms with Crippen molar-refractivity contribution in [2.45, 2.75) is 84.0 Å². The van der Waals surface area contributed by atoms with E-state index in [2.05, 4.69) is 20.7 Å². The minimum atomic E-state index is -0.880. The van der Waals surface area contributed by atoms with Crippen molar-refractivity contribution in [1.82, 2.24) is 30.4 Å². The molecule has 0 aliphatic heterocycles. The number of hydrogen-bond acceptors (Lipinski definition) is 6. The molecule has 2 amide bonds. The second-order valence-electron chi connectivity index (χ2n) is 10.8. The van der Waals surface area contributed by atoms with Crippen molar-refractivity contribution in [3.8, 4) is 17.1 Å². The Hall–Kier alpha value is -3.75. The molecule has 1 atom stereocenters. The molecular formula is C28H36N6O3. The van der Waals surface area contributed by atoms with Gasteiger partial charge in [-0.3, -0.25) is 9.59 Å². The van der Waals surface area contributed by atoms with E-state index in [4.69, 9.17) is 0 Å². The summed E-state index contributed by atoms with van der Waals surface area (Å²) in [6.45, 7) is 7.54. The zero-order chi connectivity index (χ0) is 26.6. The fourth-order valence-corrected chi connectivity index (χ4v) is 4.83. The van der Waals surface area contributed by atoms with E-state index in [0.717, 1.165) is 36.8 Å². The molecule has 0 spiro atoms. The first kappa shape index (κ1) is 26.3. The molecule has 1 aliphatic carbocycles. The molecule has 1 saturated carbocycles. The van der Waals surface area contributed by atoms with Crippen molar-refractivity contribution in [1.29, 1.82) is 0 Å². The lowest BCUT2D eigenvalue weighted by atomic mass is 9.93. The largest absolute Gasteiger partial charge is 0.508 e. The summed E-state index contributed by atoms with van der Waals surface area (Å²) in [6.07, 6.45) is 5.20. The SMILES string of the molecule is Cc1ccc(-c2nnn(CC(=O)N(C(C(=O)NC3CCCCC3)c3ccc(O)cc3)C(C)(C)C)n2)cc1. The highest BCUT2D eigenvalue weighted by Gasteiger charge is 2.39. The van der Waals surface area contributed by atoms with Crippen molar-refractivity contribution in [2.75, 3.05) is 0 Å². The van der Waals surface area contributed by atoms with Gasteiger partial charge in [0, 0.05) is 17.1 Å². The Labute approximate surface area is 217 Å². The van der Waals surface area contributed by atoms with Crippen molar-refractivity contribution in [3.05, 3.63) is 59.7 Å². The number of aromatic nitrogens is 4. The first-order valence-electron chi connectivity index (χ1n) is 12.9. The van der Waals surface area contributed by atoms with Gasteiger partial charge in [0.15, 0.2) is 0 Å². The number of nitrogens with one attached hydrogen (secondary N) is 1.